The first kappa shape index (κ1) is 35.7. The molecule has 15 atom stereocenters. The van der Waals surface area contributed by atoms with Crippen molar-refractivity contribution in [1.82, 2.24) is 0 Å². The van der Waals surface area contributed by atoms with Gasteiger partial charge >= 0.3 is 0 Å². The molecule has 260 valence electrons. The van der Waals surface area contributed by atoms with Crippen molar-refractivity contribution in [1.29, 1.82) is 0 Å². The smallest absolute Gasteiger partial charge is 0.187 e. The number of rotatable bonds is 8. The highest BCUT2D eigenvalue weighted by Gasteiger charge is 2.70. The molecule has 9 nitrogen and oxygen atoms in total. The molecule has 5 rings (SSSR count). The van der Waals surface area contributed by atoms with E-state index in [0.29, 0.717) is 18.3 Å². The van der Waals surface area contributed by atoms with E-state index in [2.05, 4.69) is 47.6 Å². The Morgan fingerprint density at radius 1 is 0.911 bits per heavy atom. The molecular formula is C36H62O9. The molecule has 1 saturated heterocycles. The second kappa shape index (κ2) is 12.1. The molecular weight excluding hydrogens is 576 g/mol. The molecule has 9 heteroatoms. The number of hydrogen-bond donors (Lipinski definition) is 7. The first-order valence-corrected chi connectivity index (χ1v) is 17.5. The summed E-state index contributed by atoms with van der Waals surface area (Å²) in [6, 6.07) is 0. The van der Waals surface area contributed by atoms with E-state index >= 15 is 0 Å². The number of allylic oxidation sites excluding steroid dienone is 1. The zero-order valence-electron chi connectivity index (χ0n) is 28.8. The lowest BCUT2D eigenvalue weighted by Crippen LogP contribution is -2.64. The quantitative estimate of drug-likeness (QED) is 0.198. The van der Waals surface area contributed by atoms with Gasteiger partial charge in [-0.25, -0.2) is 0 Å². The lowest BCUT2D eigenvalue weighted by atomic mass is 9.38. The summed E-state index contributed by atoms with van der Waals surface area (Å²) in [5.41, 5.74) is -0.481. The summed E-state index contributed by atoms with van der Waals surface area (Å²) < 4.78 is 11.7. The summed E-state index contributed by atoms with van der Waals surface area (Å²) in [6.07, 6.45) is 0.736. The van der Waals surface area contributed by atoms with Crippen LogP contribution < -0.4 is 0 Å². The van der Waals surface area contributed by atoms with Gasteiger partial charge in [0.1, 0.15) is 24.4 Å². The third-order valence-corrected chi connectivity index (χ3v) is 14.5. The Balaban J connectivity index is 1.33. The standard InChI is InChI=1S/C36H62O9/c1-19(9-14-27(33(4,5)43)45-31-30(42)29(41)28(40)23(18-37)44-31)20-15-16-34(6)24-12-10-21-22(11-13-25(38)32(21,2)3)36(24,8)26(39)17-35(20,34)7/h10,19-20,22-31,37-43H,9,11-18H2,1-8H3. The number of ether oxygens (including phenoxy) is 2. The van der Waals surface area contributed by atoms with E-state index in [0.717, 1.165) is 44.9 Å². The van der Waals surface area contributed by atoms with E-state index in [1.165, 1.54) is 5.57 Å². The second-order valence-corrected chi connectivity index (χ2v) is 17.4. The van der Waals surface area contributed by atoms with Gasteiger partial charge in [0.2, 0.25) is 0 Å². The van der Waals surface area contributed by atoms with E-state index in [4.69, 9.17) is 9.47 Å². The fraction of sp³-hybridized carbons (Fsp3) is 0.944. The van der Waals surface area contributed by atoms with Crippen LogP contribution in [0.4, 0.5) is 0 Å². The monoisotopic (exact) mass is 638 g/mol. The Bertz CT molecular complexity index is 1100. The molecule has 4 fully saturated rings. The Hall–Kier alpha value is -0.620. The van der Waals surface area contributed by atoms with Crippen molar-refractivity contribution in [3.8, 4) is 0 Å². The number of fused-ring (bicyclic) bond motifs is 5. The predicted molar refractivity (Wildman–Crippen MR) is 170 cm³/mol. The average molecular weight is 639 g/mol. The van der Waals surface area contributed by atoms with Crippen molar-refractivity contribution in [2.45, 2.75) is 161 Å². The van der Waals surface area contributed by atoms with Crippen LogP contribution in [0.25, 0.3) is 0 Å². The zero-order chi connectivity index (χ0) is 33.5. The van der Waals surface area contributed by atoms with Crippen LogP contribution in [0.1, 0.15) is 107 Å². The minimum atomic E-state index is -1.54. The van der Waals surface area contributed by atoms with Gasteiger partial charge in [-0.3, -0.25) is 0 Å². The molecule has 0 aromatic carbocycles. The summed E-state index contributed by atoms with van der Waals surface area (Å²) in [5, 5.41) is 74.7. The van der Waals surface area contributed by atoms with Gasteiger partial charge in [-0.2, -0.15) is 0 Å². The first-order valence-electron chi connectivity index (χ1n) is 17.5. The van der Waals surface area contributed by atoms with Gasteiger partial charge in [0.05, 0.1) is 30.5 Å². The molecule has 1 aliphatic heterocycles. The van der Waals surface area contributed by atoms with Gasteiger partial charge in [-0.1, -0.05) is 53.2 Å². The lowest BCUT2D eigenvalue weighted by Gasteiger charge is -2.67. The summed E-state index contributed by atoms with van der Waals surface area (Å²) in [5.74, 6) is 1.26. The largest absolute Gasteiger partial charge is 0.394 e. The molecule has 3 saturated carbocycles. The molecule has 7 N–H and O–H groups in total. The van der Waals surface area contributed by atoms with Gasteiger partial charge in [-0.05, 0) is 99.7 Å². The summed E-state index contributed by atoms with van der Waals surface area (Å²) in [7, 11) is 0. The van der Waals surface area contributed by atoms with E-state index in [1.807, 2.05) is 0 Å². The summed E-state index contributed by atoms with van der Waals surface area (Å²) in [4.78, 5) is 0. The molecule has 0 spiro atoms. The molecule has 0 radical (unpaired) electrons. The summed E-state index contributed by atoms with van der Waals surface area (Å²) in [6.45, 7) is 16.5. The minimum absolute atomic E-state index is 0.0463. The second-order valence-electron chi connectivity index (χ2n) is 17.4. The Morgan fingerprint density at radius 3 is 2.20 bits per heavy atom. The SMILES string of the molecule is CC(CCC(OC1OC(CO)C(O)C(O)C1O)C(C)(C)O)C1CCC2(C)C3CC=C4C(CCC(O)C4(C)C)C3(C)C(O)CC12C. The molecule has 1 heterocycles. The number of aliphatic hydroxyl groups excluding tert-OH is 6. The van der Waals surface area contributed by atoms with E-state index < -0.39 is 55.1 Å². The van der Waals surface area contributed by atoms with Crippen LogP contribution in [0.3, 0.4) is 0 Å². The van der Waals surface area contributed by atoms with Crippen LogP contribution in [0, 0.1) is 45.3 Å². The molecule has 0 amide bonds. The Kier molecular flexibility index (Phi) is 9.56. The zero-order valence-corrected chi connectivity index (χ0v) is 28.8. The van der Waals surface area contributed by atoms with Gasteiger partial charge in [0, 0.05) is 10.8 Å². The third-order valence-electron chi connectivity index (χ3n) is 14.5. The van der Waals surface area contributed by atoms with Crippen molar-refractivity contribution in [2.24, 2.45) is 45.3 Å². The van der Waals surface area contributed by atoms with Gasteiger partial charge in [0.25, 0.3) is 0 Å². The highest BCUT2D eigenvalue weighted by Crippen LogP contribution is 2.75. The minimum Gasteiger partial charge on any atom is -0.394 e. The third kappa shape index (κ3) is 5.48. The molecule has 0 aromatic heterocycles. The fourth-order valence-corrected chi connectivity index (χ4v) is 11.2. The van der Waals surface area contributed by atoms with Crippen LogP contribution in [-0.4, -0.2) is 97.0 Å². The van der Waals surface area contributed by atoms with Crippen molar-refractivity contribution in [2.75, 3.05) is 6.61 Å². The van der Waals surface area contributed by atoms with Gasteiger partial charge in [-0.15, -0.1) is 0 Å². The highest BCUT2D eigenvalue weighted by atomic mass is 16.7. The summed E-state index contributed by atoms with van der Waals surface area (Å²) >= 11 is 0. The Labute approximate surface area is 270 Å². The number of aliphatic hydroxyl groups is 7. The van der Waals surface area contributed by atoms with Crippen molar-refractivity contribution < 1.29 is 45.2 Å². The maximum absolute atomic E-state index is 12.1. The Morgan fingerprint density at radius 2 is 1.58 bits per heavy atom. The molecule has 15 unspecified atom stereocenters. The van der Waals surface area contributed by atoms with Crippen LogP contribution in [0.5, 0.6) is 0 Å². The van der Waals surface area contributed by atoms with Crippen molar-refractivity contribution in [3.05, 3.63) is 11.6 Å². The maximum atomic E-state index is 12.1. The first-order chi connectivity index (χ1) is 20.7. The van der Waals surface area contributed by atoms with E-state index in [-0.39, 0.29) is 39.6 Å². The molecule has 5 aliphatic rings. The number of hydrogen-bond acceptors (Lipinski definition) is 9. The fourth-order valence-electron chi connectivity index (χ4n) is 11.2. The van der Waals surface area contributed by atoms with Crippen LogP contribution in [-0.2, 0) is 9.47 Å². The van der Waals surface area contributed by atoms with Crippen LogP contribution in [0.15, 0.2) is 11.6 Å². The highest BCUT2D eigenvalue weighted by molar-refractivity contribution is 5.31. The van der Waals surface area contributed by atoms with Gasteiger partial charge < -0.3 is 45.2 Å². The average Bonchev–Trinajstić information content (AvgIpc) is 3.22. The van der Waals surface area contributed by atoms with Crippen LogP contribution >= 0.6 is 0 Å². The van der Waals surface area contributed by atoms with E-state index in [9.17, 15) is 35.7 Å². The van der Waals surface area contributed by atoms with Crippen molar-refractivity contribution in [3.63, 3.8) is 0 Å². The molecule has 4 aliphatic carbocycles. The molecule has 0 bridgehead atoms. The van der Waals surface area contributed by atoms with Crippen LogP contribution in [0.2, 0.25) is 0 Å². The lowest BCUT2D eigenvalue weighted by molar-refractivity contribution is -0.322. The van der Waals surface area contributed by atoms with Gasteiger partial charge in [0.15, 0.2) is 6.29 Å². The molecule has 0 aromatic rings. The normalized spacial score (nSPS) is 49.4. The van der Waals surface area contributed by atoms with Crippen molar-refractivity contribution >= 4 is 0 Å². The maximum Gasteiger partial charge on any atom is 0.187 e. The topological polar surface area (TPSA) is 160 Å². The predicted octanol–water partition coefficient (Wildman–Crippen LogP) is 3.30. The molecule has 45 heavy (non-hydrogen) atoms. The van der Waals surface area contributed by atoms with E-state index in [1.54, 1.807) is 13.8 Å².